The molecule has 5 nitrogen and oxygen atoms in total. The van der Waals surface area contributed by atoms with Gasteiger partial charge < -0.3 is 15.7 Å². The van der Waals surface area contributed by atoms with Gasteiger partial charge >= 0.3 is 12.0 Å². The van der Waals surface area contributed by atoms with E-state index in [4.69, 9.17) is 5.11 Å². The van der Waals surface area contributed by atoms with Crippen LogP contribution in [-0.4, -0.2) is 23.7 Å². The number of carboxylic acids is 1. The van der Waals surface area contributed by atoms with E-state index < -0.39 is 5.97 Å². The number of carbonyl (C=O) groups excluding carboxylic acids is 1. The van der Waals surface area contributed by atoms with Crippen LogP contribution in [0.1, 0.15) is 32.3 Å². The molecule has 0 aliphatic rings. The molecule has 0 bridgehead atoms. The number of aryl methyl sites for hydroxylation is 1. The summed E-state index contributed by atoms with van der Waals surface area (Å²) >= 11 is 0. The maximum Gasteiger partial charge on any atom is 0.319 e. The zero-order valence-corrected chi connectivity index (χ0v) is 12.0. The van der Waals surface area contributed by atoms with E-state index >= 15 is 0 Å². The smallest absolute Gasteiger partial charge is 0.319 e. The second-order valence-corrected chi connectivity index (χ2v) is 4.94. The van der Waals surface area contributed by atoms with Crippen molar-refractivity contribution in [1.82, 2.24) is 5.32 Å². The van der Waals surface area contributed by atoms with E-state index in [9.17, 15) is 9.59 Å². The summed E-state index contributed by atoms with van der Waals surface area (Å²) < 4.78 is 0. The lowest BCUT2D eigenvalue weighted by Crippen LogP contribution is -2.32. The van der Waals surface area contributed by atoms with Crippen LogP contribution < -0.4 is 10.6 Å². The van der Waals surface area contributed by atoms with Crippen LogP contribution >= 0.6 is 0 Å². The van der Waals surface area contributed by atoms with Gasteiger partial charge in [0.1, 0.15) is 0 Å². The molecule has 0 fully saturated rings. The summed E-state index contributed by atoms with van der Waals surface area (Å²) in [6, 6.07) is 7.01. The Balaban J connectivity index is 2.48. The molecule has 1 atom stereocenters. The van der Waals surface area contributed by atoms with E-state index in [0.717, 1.165) is 12.0 Å². The summed E-state index contributed by atoms with van der Waals surface area (Å²) in [5.74, 6) is -0.377. The molecule has 3 N–H and O–H groups in total. The van der Waals surface area contributed by atoms with Gasteiger partial charge in [-0.05, 0) is 30.0 Å². The fourth-order valence-electron chi connectivity index (χ4n) is 1.64. The quantitative estimate of drug-likeness (QED) is 0.717. The Labute approximate surface area is 119 Å². The molecule has 2 amide bonds. The number of aliphatic carboxylic acids is 1. The highest BCUT2D eigenvalue weighted by atomic mass is 16.4. The first-order valence-corrected chi connectivity index (χ1v) is 6.86. The summed E-state index contributed by atoms with van der Waals surface area (Å²) in [5, 5.41) is 14.2. The summed E-state index contributed by atoms with van der Waals surface area (Å²) in [6.07, 6.45) is 1.56. The lowest BCUT2D eigenvalue weighted by Gasteiger charge is -2.11. The molecule has 0 aromatic heterocycles. The average Bonchev–Trinajstić information content (AvgIpc) is 2.43. The second-order valence-electron chi connectivity index (χ2n) is 4.94. The predicted octanol–water partition coefficient (Wildman–Crippen LogP) is 2.87. The van der Waals surface area contributed by atoms with Crippen molar-refractivity contribution in [2.45, 2.75) is 33.1 Å². The van der Waals surface area contributed by atoms with Gasteiger partial charge in [-0.1, -0.05) is 32.4 Å². The number of amides is 2. The Kier molecular flexibility index (Phi) is 6.56. The summed E-state index contributed by atoms with van der Waals surface area (Å²) in [6.45, 7) is 4.80. The number of urea groups is 1. The fraction of sp³-hybridized carbons (Fsp3) is 0.467. The largest absolute Gasteiger partial charge is 0.481 e. The number of hydrogen-bond acceptors (Lipinski definition) is 2. The Morgan fingerprint density at radius 2 is 2.10 bits per heavy atom. The Morgan fingerprint density at radius 1 is 1.35 bits per heavy atom. The van der Waals surface area contributed by atoms with Crippen molar-refractivity contribution in [2.75, 3.05) is 11.9 Å². The van der Waals surface area contributed by atoms with Crippen molar-refractivity contribution in [2.24, 2.45) is 5.92 Å². The maximum atomic E-state index is 11.7. The van der Waals surface area contributed by atoms with Crippen LogP contribution in [-0.2, 0) is 11.2 Å². The van der Waals surface area contributed by atoms with Crippen molar-refractivity contribution in [3.05, 3.63) is 29.8 Å². The van der Waals surface area contributed by atoms with Crippen molar-refractivity contribution >= 4 is 17.7 Å². The SMILES string of the molecule is CCC(C)CNC(=O)Nc1cccc(CCC(=O)O)c1. The van der Waals surface area contributed by atoms with Crippen molar-refractivity contribution in [3.8, 4) is 0 Å². The zero-order chi connectivity index (χ0) is 15.0. The van der Waals surface area contributed by atoms with Crippen LogP contribution in [0.2, 0.25) is 0 Å². The van der Waals surface area contributed by atoms with Gasteiger partial charge in [0.25, 0.3) is 0 Å². The van der Waals surface area contributed by atoms with Crippen molar-refractivity contribution in [3.63, 3.8) is 0 Å². The minimum Gasteiger partial charge on any atom is -0.481 e. The van der Waals surface area contributed by atoms with E-state index in [1.807, 2.05) is 12.1 Å². The van der Waals surface area contributed by atoms with Gasteiger partial charge in [-0.25, -0.2) is 4.79 Å². The Hall–Kier alpha value is -2.04. The number of benzene rings is 1. The van der Waals surface area contributed by atoms with Gasteiger partial charge in [-0.2, -0.15) is 0 Å². The first-order valence-electron chi connectivity index (χ1n) is 6.86. The number of carbonyl (C=O) groups is 2. The minimum absolute atomic E-state index is 0.0870. The van der Waals surface area contributed by atoms with Gasteiger partial charge in [0.05, 0.1) is 0 Å². The predicted molar refractivity (Wildman–Crippen MR) is 78.9 cm³/mol. The van der Waals surface area contributed by atoms with Crippen LogP contribution in [0.15, 0.2) is 24.3 Å². The molecular formula is C15H22N2O3. The molecule has 0 heterocycles. The van der Waals surface area contributed by atoms with Crippen LogP contribution in [0.3, 0.4) is 0 Å². The number of nitrogens with one attached hydrogen (secondary N) is 2. The van der Waals surface area contributed by atoms with E-state index in [1.165, 1.54) is 0 Å². The molecule has 0 aliphatic carbocycles. The van der Waals surface area contributed by atoms with Crippen LogP contribution in [0.25, 0.3) is 0 Å². The molecule has 0 radical (unpaired) electrons. The highest BCUT2D eigenvalue weighted by molar-refractivity contribution is 5.89. The van der Waals surface area contributed by atoms with Gasteiger partial charge in [-0.3, -0.25) is 4.79 Å². The monoisotopic (exact) mass is 278 g/mol. The van der Waals surface area contributed by atoms with Crippen LogP contribution in [0, 0.1) is 5.92 Å². The van der Waals surface area contributed by atoms with Crippen molar-refractivity contribution in [1.29, 1.82) is 0 Å². The summed E-state index contributed by atoms with van der Waals surface area (Å²) in [4.78, 5) is 22.2. The first kappa shape index (κ1) is 16.0. The number of hydrogen-bond donors (Lipinski definition) is 3. The molecule has 20 heavy (non-hydrogen) atoms. The maximum absolute atomic E-state index is 11.7. The van der Waals surface area contributed by atoms with Gasteiger partial charge in [0.15, 0.2) is 0 Å². The van der Waals surface area contributed by atoms with E-state index in [0.29, 0.717) is 24.6 Å². The van der Waals surface area contributed by atoms with Crippen LogP contribution in [0.5, 0.6) is 0 Å². The molecule has 1 rings (SSSR count). The van der Waals surface area contributed by atoms with E-state index in [1.54, 1.807) is 12.1 Å². The number of rotatable bonds is 7. The fourth-order valence-corrected chi connectivity index (χ4v) is 1.64. The molecule has 1 unspecified atom stereocenters. The minimum atomic E-state index is -0.824. The zero-order valence-electron chi connectivity index (χ0n) is 12.0. The van der Waals surface area contributed by atoms with Gasteiger partial charge in [0.2, 0.25) is 0 Å². The summed E-state index contributed by atoms with van der Waals surface area (Å²) in [7, 11) is 0. The number of carboxylic acid groups (broad SMARTS) is 1. The highest BCUT2D eigenvalue weighted by Gasteiger charge is 2.05. The van der Waals surface area contributed by atoms with Crippen molar-refractivity contribution < 1.29 is 14.7 Å². The van der Waals surface area contributed by atoms with Gasteiger partial charge in [-0.15, -0.1) is 0 Å². The normalized spacial score (nSPS) is 11.7. The standard InChI is InChI=1S/C15H22N2O3/c1-3-11(2)10-16-15(20)17-13-6-4-5-12(9-13)7-8-14(18)19/h4-6,9,11H,3,7-8,10H2,1-2H3,(H,18,19)(H2,16,17,20). The average molecular weight is 278 g/mol. The lowest BCUT2D eigenvalue weighted by atomic mass is 10.1. The molecule has 0 aliphatic heterocycles. The van der Waals surface area contributed by atoms with E-state index in [-0.39, 0.29) is 12.5 Å². The Bertz CT molecular complexity index is 460. The first-order chi connectivity index (χ1) is 9.51. The molecule has 0 saturated carbocycles. The molecule has 5 heteroatoms. The molecule has 0 spiro atoms. The summed E-state index contributed by atoms with van der Waals surface area (Å²) in [5.41, 5.74) is 1.57. The molecule has 110 valence electrons. The third-order valence-electron chi connectivity index (χ3n) is 3.12. The molecule has 0 saturated heterocycles. The van der Waals surface area contributed by atoms with E-state index in [2.05, 4.69) is 24.5 Å². The third-order valence-corrected chi connectivity index (χ3v) is 3.12. The lowest BCUT2D eigenvalue weighted by molar-refractivity contribution is -0.136. The molecular weight excluding hydrogens is 256 g/mol. The number of anilines is 1. The third kappa shape index (κ3) is 6.22. The van der Waals surface area contributed by atoms with Crippen LogP contribution in [0.4, 0.5) is 10.5 Å². The topological polar surface area (TPSA) is 78.4 Å². The molecule has 1 aromatic carbocycles. The second kappa shape index (κ2) is 8.19. The van der Waals surface area contributed by atoms with Gasteiger partial charge in [0, 0.05) is 18.7 Å². The highest BCUT2D eigenvalue weighted by Crippen LogP contribution is 2.12. The molecule has 1 aromatic rings. The Morgan fingerprint density at radius 3 is 2.75 bits per heavy atom.